The van der Waals surface area contributed by atoms with Crippen LogP contribution in [0, 0.1) is 5.41 Å². The van der Waals surface area contributed by atoms with E-state index in [-0.39, 0.29) is 19.8 Å². The lowest BCUT2D eigenvalue weighted by atomic mass is 9.70. The lowest BCUT2D eigenvalue weighted by Gasteiger charge is -2.44. The van der Waals surface area contributed by atoms with Crippen LogP contribution in [0.5, 0.6) is 0 Å². The fourth-order valence-corrected chi connectivity index (χ4v) is 2.15. The highest BCUT2D eigenvalue weighted by Gasteiger charge is 2.76. The highest BCUT2D eigenvalue weighted by Crippen LogP contribution is 2.60. The number of aliphatic hydroxyl groups is 1. The summed E-state index contributed by atoms with van der Waals surface area (Å²) in [4.78, 5) is 0. The van der Waals surface area contributed by atoms with Gasteiger partial charge in [-0.05, 0) is 19.8 Å². The molecule has 1 saturated carbocycles. The predicted molar refractivity (Wildman–Crippen MR) is 43.6 cm³/mol. The Labute approximate surface area is 88.4 Å². The molecule has 0 aromatic heterocycles. The molecule has 96 valence electrons. The Morgan fingerprint density at radius 1 is 0.875 bits per heavy atom. The van der Waals surface area contributed by atoms with Crippen molar-refractivity contribution in [1.29, 1.82) is 0 Å². The first-order valence-corrected chi connectivity index (χ1v) is 4.81. The first-order chi connectivity index (χ1) is 6.96. The van der Waals surface area contributed by atoms with Gasteiger partial charge >= 0.3 is 12.4 Å². The van der Waals surface area contributed by atoms with E-state index in [1.54, 1.807) is 0 Å². The summed E-state index contributed by atoms with van der Waals surface area (Å²) in [5.41, 5.74) is -6.78. The molecule has 7 heteroatoms. The Hall–Kier alpha value is -0.460. The van der Waals surface area contributed by atoms with Crippen molar-refractivity contribution >= 4 is 0 Å². The molecule has 0 atom stereocenters. The summed E-state index contributed by atoms with van der Waals surface area (Å²) in [6.07, 6.45) is -11.6. The summed E-state index contributed by atoms with van der Waals surface area (Å²) < 4.78 is 75.7. The quantitative estimate of drug-likeness (QED) is 0.707. The van der Waals surface area contributed by atoms with E-state index in [0.29, 0.717) is 0 Å². The summed E-state index contributed by atoms with van der Waals surface area (Å²) in [6.45, 7) is 0.0400. The average molecular weight is 250 g/mol. The third-order valence-corrected chi connectivity index (χ3v) is 3.50. The zero-order valence-electron chi connectivity index (χ0n) is 8.54. The van der Waals surface area contributed by atoms with Crippen molar-refractivity contribution in [2.24, 2.45) is 5.41 Å². The number of hydrogen-bond donors (Lipinski definition) is 1. The maximum absolute atomic E-state index is 12.6. The third kappa shape index (κ3) is 1.69. The largest absolute Gasteiger partial charge is 0.405 e. The monoisotopic (exact) mass is 250 g/mol. The number of hydrogen-bond acceptors (Lipinski definition) is 1. The van der Waals surface area contributed by atoms with Crippen LogP contribution in [0.3, 0.4) is 0 Å². The minimum absolute atomic E-state index is 0.0400. The molecule has 16 heavy (non-hydrogen) atoms. The lowest BCUT2D eigenvalue weighted by molar-refractivity contribution is -0.381. The van der Waals surface area contributed by atoms with Crippen LogP contribution in [0.4, 0.5) is 26.3 Å². The first-order valence-electron chi connectivity index (χ1n) is 4.81. The molecule has 1 fully saturated rings. The summed E-state index contributed by atoms with van der Waals surface area (Å²) in [5, 5.41) is 9.64. The highest BCUT2D eigenvalue weighted by molar-refractivity contribution is 5.07. The first kappa shape index (κ1) is 13.6. The summed E-state index contributed by atoms with van der Waals surface area (Å²) in [7, 11) is 0. The molecule has 1 nitrogen and oxygen atoms in total. The van der Waals surface area contributed by atoms with Crippen LogP contribution in [0.15, 0.2) is 0 Å². The molecule has 0 aromatic rings. The maximum atomic E-state index is 12.6. The van der Waals surface area contributed by atoms with Crippen LogP contribution < -0.4 is 0 Å². The van der Waals surface area contributed by atoms with E-state index in [2.05, 4.69) is 0 Å². The lowest BCUT2D eigenvalue weighted by Crippen LogP contribution is -2.61. The third-order valence-electron chi connectivity index (χ3n) is 3.50. The molecule has 0 radical (unpaired) electrons. The van der Waals surface area contributed by atoms with E-state index in [4.69, 9.17) is 0 Å². The molecule has 0 amide bonds. The standard InChI is InChI=1S/C9H12F6O/c1-6(8(10,11)12,9(13,14)15)7(16)4-2-3-5-7/h16H,2-5H2,1H3. The topological polar surface area (TPSA) is 20.2 Å². The van der Waals surface area contributed by atoms with Crippen molar-refractivity contribution in [3.63, 3.8) is 0 Å². The van der Waals surface area contributed by atoms with Crippen molar-refractivity contribution in [3.05, 3.63) is 0 Å². The molecule has 0 unspecified atom stereocenters. The molecule has 1 aliphatic carbocycles. The molecule has 1 rings (SSSR count). The van der Waals surface area contributed by atoms with Crippen molar-refractivity contribution < 1.29 is 31.4 Å². The minimum Gasteiger partial charge on any atom is -0.389 e. The maximum Gasteiger partial charge on any atom is 0.405 e. The van der Waals surface area contributed by atoms with E-state index in [1.165, 1.54) is 0 Å². The Morgan fingerprint density at radius 3 is 1.44 bits per heavy atom. The second kappa shape index (κ2) is 3.51. The second-order valence-electron chi connectivity index (χ2n) is 4.36. The van der Waals surface area contributed by atoms with Gasteiger partial charge in [0.15, 0.2) is 5.41 Å². The van der Waals surface area contributed by atoms with Crippen LogP contribution in [0.25, 0.3) is 0 Å². The van der Waals surface area contributed by atoms with Gasteiger partial charge in [-0.1, -0.05) is 12.8 Å². The fraction of sp³-hybridized carbons (Fsp3) is 1.00. The molecule has 0 saturated heterocycles. The molecule has 0 heterocycles. The van der Waals surface area contributed by atoms with E-state index in [0.717, 1.165) is 0 Å². The summed E-state index contributed by atoms with van der Waals surface area (Å²) in [5.74, 6) is 0. The van der Waals surface area contributed by atoms with Gasteiger partial charge in [-0.2, -0.15) is 26.3 Å². The number of halogens is 6. The molecular formula is C9H12F6O. The highest BCUT2D eigenvalue weighted by atomic mass is 19.4. The zero-order chi connectivity index (χ0) is 12.8. The Balaban J connectivity index is 3.26. The van der Waals surface area contributed by atoms with E-state index in [9.17, 15) is 31.4 Å². The van der Waals surface area contributed by atoms with Crippen LogP contribution >= 0.6 is 0 Å². The molecule has 1 N–H and O–H groups in total. The minimum atomic E-state index is -5.51. The van der Waals surface area contributed by atoms with Gasteiger partial charge in [-0.3, -0.25) is 0 Å². The number of rotatable bonds is 1. The van der Waals surface area contributed by atoms with Crippen molar-refractivity contribution in [1.82, 2.24) is 0 Å². The molecular weight excluding hydrogens is 238 g/mol. The van der Waals surface area contributed by atoms with Gasteiger partial charge in [0.05, 0.1) is 5.60 Å². The molecule has 0 aromatic carbocycles. The van der Waals surface area contributed by atoms with Gasteiger partial charge in [0.25, 0.3) is 0 Å². The molecule has 1 aliphatic rings. The van der Waals surface area contributed by atoms with Gasteiger partial charge in [-0.25, -0.2) is 0 Å². The van der Waals surface area contributed by atoms with Crippen molar-refractivity contribution in [2.45, 2.75) is 50.6 Å². The van der Waals surface area contributed by atoms with E-state index < -0.39 is 36.2 Å². The van der Waals surface area contributed by atoms with Crippen molar-refractivity contribution in [3.8, 4) is 0 Å². The van der Waals surface area contributed by atoms with E-state index >= 15 is 0 Å². The smallest absolute Gasteiger partial charge is 0.389 e. The number of alkyl halides is 6. The molecule has 0 spiro atoms. The SMILES string of the molecule is CC(C(F)(F)F)(C(F)(F)F)C1(O)CCCC1. The van der Waals surface area contributed by atoms with Gasteiger partial charge < -0.3 is 5.11 Å². The van der Waals surface area contributed by atoms with E-state index in [1.807, 2.05) is 0 Å². The molecule has 0 aliphatic heterocycles. The normalized spacial score (nSPS) is 22.5. The fourth-order valence-electron chi connectivity index (χ4n) is 2.15. The Bertz CT molecular complexity index is 246. The van der Waals surface area contributed by atoms with Crippen LogP contribution in [-0.4, -0.2) is 23.1 Å². The van der Waals surface area contributed by atoms with Crippen LogP contribution in [-0.2, 0) is 0 Å². The molecule has 0 bridgehead atoms. The van der Waals surface area contributed by atoms with Crippen molar-refractivity contribution in [2.75, 3.05) is 0 Å². The zero-order valence-corrected chi connectivity index (χ0v) is 8.54. The second-order valence-corrected chi connectivity index (χ2v) is 4.36. The summed E-state index contributed by atoms with van der Waals surface area (Å²) >= 11 is 0. The van der Waals surface area contributed by atoms with Crippen LogP contribution in [0.1, 0.15) is 32.6 Å². The average Bonchev–Trinajstić information content (AvgIpc) is 2.47. The summed E-state index contributed by atoms with van der Waals surface area (Å²) in [6, 6.07) is 0. The Kier molecular flexibility index (Phi) is 2.99. The van der Waals surface area contributed by atoms with Gasteiger partial charge in [0, 0.05) is 0 Å². The van der Waals surface area contributed by atoms with Gasteiger partial charge in [0.1, 0.15) is 0 Å². The Morgan fingerprint density at radius 2 is 1.19 bits per heavy atom. The van der Waals surface area contributed by atoms with Gasteiger partial charge in [-0.15, -0.1) is 0 Å². The van der Waals surface area contributed by atoms with Gasteiger partial charge in [0.2, 0.25) is 0 Å². The predicted octanol–water partition coefficient (Wildman–Crippen LogP) is 3.42. The van der Waals surface area contributed by atoms with Crippen LogP contribution in [0.2, 0.25) is 0 Å².